The van der Waals surface area contributed by atoms with Gasteiger partial charge in [0, 0.05) is 17.6 Å². The Labute approximate surface area is 165 Å². The summed E-state index contributed by atoms with van der Waals surface area (Å²) in [5.41, 5.74) is 1.88. The Morgan fingerprint density at radius 1 is 1.14 bits per heavy atom. The number of benzene rings is 2. The van der Waals surface area contributed by atoms with E-state index in [1.165, 1.54) is 4.57 Å². The summed E-state index contributed by atoms with van der Waals surface area (Å²) in [6, 6.07) is 16.5. The summed E-state index contributed by atoms with van der Waals surface area (Å²) in [5, 5.41) is 3.70. The number of amides is 1. The quantitative estimate of drug-likeness (QED) is 0.531. The predicted molar refractivity (Wildman–Crippen MR) is 108 cm³/mol. The van der Waals surface area contributed by atoms with Crippen LogP contribution in [0.5, 0.6) is 5.75 Å². The minimum absolute atomic E-state index is 0.127. The molecule has 2 aromatic heterocycles. The molecule has 144 valence electrons. The summed E-state index contributed by atoms with van der Waals surface area (Å²) < 4.78 is 12.0. The number of carbonyl (C=O) groups is 1. The number of fused-ring (bicyclic) bond motifs is 2. The summed E-state index contributed by atoms with van der Waals surface area (Å²) in [6.07, 6.45) is 1.73. The number of nitrogens with zero attached hydrogens (tertiary/aromatic N) is 2. The molecule has 0 radical (unpaired) electrons. The molecule has 4 aromatic rings. The number of carbonyl (C=O) groups excluding carboxylic acids is 1. The third-order valence-electron chi connectivity index (χ3n) is 4.26. The van der Waals surface area contributed by atoms with Crippen molar-refractivity contribution in [3.63, 3.8) is 0 Å². The number of hydrogen-bond donors (Lipinski definition) is 1. The highest BCUT2D eigenvalue weighted by Gasteiger charge is 2.11. The van der Waals surface area contributed by atoms with Crippen LogP contribution in [0.2, 0.25) is 0 Å². The lowest BCUT2D eigenvalue weighted by Gasteiger charge is -2.03. The topological polar surface area (TPSA) is 86.4 Å². The zero-order valence-corrected chi connectivity index (χ0v) is 15.4. The number of rotatable bonds is 5. The molecule has 0 saturated carbocycles. The second-order valence-electron chi connectivity index (χ2n) is 6.20. The van der Waals surface area contributed by atoms with Crippen LogP contribution in [-0.2, 0) is 11.3 Å². The molecule has 7 heteroatoms. The van der Waals surface area contributed by atoms with Gasteiger partial charge >= 0.3 is 5.76 Å². The fourth-order valence-electron chi connectivity index (χ4n) is 2.87. The van der Waals surface area contributed by atoms with Gasteiger partial charge in [0.25, 0.3) is 0 Å². The van der Waals surface area contributed by atoms with Crippen LogP contribution >= 0.6 is 0 Å². The highest BCUT2D eigenvalue weighted by Crippen LogP contribution is 2.18. The monoisotopic (exact) mass is 387 g/mol. The molecule has 1 N–H and O–H groups in total. The van der Waals surface area contributed by atoms with Crippen LogP contribution < -0.4 is 15.8 Å². The van der Waals surface area contributed by atoms with Gasteiger partial charge in [-0.1, -0.05) is 30.0 Å². The van der Waals surface area contributed by atoms with E-state index in [4.69, 9.17) is 9.15 Å². The molecule has 1 amide bonds. The largest absolute Gasteiger partial charge is 0.481 e. The van der Waals surface area contributed by atoms with Crippen molar-refractivity contribution < 1.29 is 13.9 Å². The van der Waals surface area contributed by atoms with Gasteiger partial charge in [-0.2, -0.15) is 0 Å². The first-order valence-corrected chi connectivity index (χ1v) is 8.99. The van der Waals surface area contributed by atoms with E-state index in [2.05, 4.69) is 22.1 Å². The average molecular weight is 387 g/mol. The second-order valence-corrected chi connectivity index (χ2v) is 6.20. The van der Waals surface area contributed by atoms with E-state index in [0.29, 0.717) is 16.8 Å². The first-order chi connectivity index (χ1) is 14.2. The van der Waals surface area contributed by atoms with E-state index in [-0.39, 0.29) is 25.6 Å². The van der Waals surface area contributed by atoms with Crippen molar-refractivity contribution in [3.8, 4) is 17.6 Å². The number of hydrogen-bond acceptors (Lipinski definition) is 5. The third kappa shape index (κ3) is 4.28. The van der Waals surface area contributed by atoms with E-state index < -0.39 is 5.76 Å². The van der Waals surface area contributed by atoms with Gasteiger partial charge in [0.05, 0.1) is 17.6 Å². The van der Waals surface area contributed by atoms with Crippen LogP contribution in [0.15, 0.2) is 70.0 Å². The van der Waals surface area contributed by atoms with Gasteiger partial charge in [-0.3, -0.25) is 14.3 Å². The number of aromatic nitrogens is 2. The van der Waals surface area contributed by atoms with Crippen molar-refractivity contribution in [3.05, 3.63) is 71.3 Å². The van der Waals surface area contributed by atoms with E-state index in [1.807, 2.05) is 30.3 Å². The normalized spacial score (nSPS) is 10.5. The zero-order valence-electron chi connectivity index (χ0n) is 15.4. The minimum Gasteiger partial charge on any atom is -0.481 e. The van der Waals surface area contributed by atoms with Crippen molar-refractivity contribution in [2.24, 2.45) is 0 Å². The summed E-state index contributed by atoms with van der Waals surface area (Å²) >= 11 is 0. The molecule has 0 saturated heterocycles. The lowest BCUT2D eigenvalue weighted by molar-refractivity contribution is -0.121. The molecule has 0 atom stereocenters. The molecule has 0 aliphatic rings. The van der Waals surface area contributed by atoms with Gasteiger partial charge in [-0.15, -0.1) is 0 Å². The lowest BCUT2D eigenvalue weighted by atomic mass is 10.2. The maximum atomic E-state index is 12.1. The molecule has 0 bridgehead atoms. The first-order valence-electron chi connectivity index (χ1n) is 8.99. The Morgan fingerprint density at radius 3 is 2.97 bits per heavy atom. The van der Waals surface area contributed by atoms with Crippen LogP contribution in [-0.4, -0.2) is 28.6 Å². The molecular weight excluding hydrogens is 370 g/mol. The average Bonchev–Trinajstić information content (AvgIpc) is 3.05. The number of pyridine rings is 1. The molecule has 0 unspecified atom stereocenters. The van der Waals surface area contributed by atoms with Crippen molar-refractivity contribution >= 4 is 27.9 Å². The Kier molecular flexibility index (Phi) is 5.25. The molecule has 0 fully saturated rings. The van der Waals surface area contributed by atoms with Gasteiger partial charge in [-0.05, 0) is 30.3 Å². The van der Waals surface area contributed by atoms with Crippen LogP contribution in [0.3, 0.4) is 0 Å². The number of nitrogens with one attached hydrogen (secondary N) is 1. The predicted octanol–water partition coefficient (Wildman–Crippen LogP) is 2.34. The first kappa shape index (κ1) is 18.3. The van der Waals surface area contributed by atoms with E-state index in [1.54, 1.807) is 30.5 Å². The van der Waals surface area contributed by atoms with Crippen molar-refractivity contribution in [1.29, 1.82) is 0 Å². The molecule has 4 rings (SSSR count). The van der Waals surface area contributed by atoms with Crippen molar-refractivity contribution in [1.82, 2.24) is 14.9 Å². The lowest BCUT2D eigenvalue weighted by Crippen LogP contribution is -2.31. The van der Waals surface area contributed by atoms with E-state index in [0.717, 1.165) is 10.9 Å². The number of ether oxygens (including phenoxy) is 1. The summed E-state index contributed by atoms with van der Waals surface area (Å²) in [4.78, 5) is 28.2. The molecule has 0 aliphatic carbocycles. The molecular formula is C22H17N3O4. The van der Waals surface area contributed by atoms with Crippen LogP contribution in [0.25, 0.3) is 22.0 Å². The SMILES string of the molecule is O=C(Cn1c(=O)oc2ccccc21)NCC#CCOc1ccc2cccnc2c1. The highest BCUT2D eigenvalue weighted by molar-refractivity contribution is 5.80. The summed E-state index contributed by atoms with van der Waals surface area (Å²) in [5.74, 6) is 5.46. The Morgan fingerprint density at radius 2 is 2.03 bits per heavy atom. The molecule has 7 nitrogen and oxygen atoms in total. The van der Waals surface area contributed by atoms with Crippen LogP contribution in [0.1, 0.15) is 0 Å². The maximum absolute atomic E-state index is 12.1. The second kappa shape index (κ2) is 8.31. The molecule has 2 heterocycles. The Hall–Kier alpha value is -4.05. The van der Waals surface area contributed by atoms with E-state index >= 15 is 0 Å². The van der Waals surface area contributed by atoms with Gasteiger partial charge in [0.2, 0.25) is 5.91 Å². The fraction of sp³-hybridized carbons (Fsp3) is 0.136. The smallest absolute Gasteiger partial charge is 0.420 e. The number of para-hydroxylation sites is 2. The third-order valence-corrected chi connectivity index (χ3v) is 4.26. The summed E-state index contributed by atoms with van der Waals surface area (Å²) in [6.45, 7) is 0.226. The van der Waals surface area contributed by atoms with Crippen molar-refractivity contribution in [2.45, 2.75) is 6.54 Å². The van der Waals surface area contributed by atoms with Crippen LogP contribution in [0, 0.1) is 11.8 Å². The Bertz CT molecular complexity index is 1290. The standard InChI is InChI=1S/C22H17N3O4/c26-21(15-25-19-7-1-2-8-20(19)29-22(25)27)24-11-3-4-13-28-17-10-9-16-6-5-12-23-18(16)14-17/h1-2,5-10,12,14H,11,13,15H2,(H,24,26). The van der Waals surface area contributed by atoms with Gasteiger partial charge in [0.15, 0.2) is 5.58 Å². The van der Waals surface area contributed by atoms with Crippen LogP contribution in [0.4, 0.5) is 0 Å². The minimum atomic E-state index is -0.564. The van der Waals surface area contributed by atoms with Crippen molar-refractivity contribution in [2.75, 3.05) is 13.2 Å². The molecule has 29 heavy (non-hydrogen) atoms. The molecule has 2 aromatic carbocycles. The fourth-order valence-corrected chi connectivity index (χ4v) is 2.87. The van der Waals surface area contributed by atoms with E-state index in [9.17, 15) is 9.59 Å². The van der Waals surface area contributed by atoms with Gasteiger partial charge in [0.1, 0.15) is 18.9 Å². The highest BCUT2D eigenvalue weighted by atomic mass is 16.5. The summed E-state index contributed by atoms with van der Waals surface area (Å²) in [7, 11) is 0. The molecule has 0 aliphatic heterocycles. The maximum Gasteiger partial charge on any atom is 0.420 e. The van der Waals surface area contributed by atoms with Gasteiger partial charge < -0.3 is 14.5 Å². The number of oxazole rings is 1. The Balaban J connectivity index is 1.27. The zero-order chi connectivity index (χ0) is 20.1. The molecule has 0 spiro atoms. The van der Waals surface area contributed by atoms with Gasteiger partial charge in [-0.25, -0.2) is 4.79 Å².